The van der Waals surface area contributed by atoms with E-state index >= 15 is 0 Å². The highest BCUT2D eigenvalue weighted by atomic mass is 16.2. The van der Waals surface area contributed by atoms with Gasteiger partial charge in [0, 0.05) is 0 Å². The summed E-state index contributed by atoms with van der Waals surface area (Å²) in [7, 11) is 0. The maximum absolute atomic E-state index is 9.47. The number of hydrogen-bond acceptors (Lipinski definition) is 4. The number of nitrogens with two attached hydrogens (primary N) is 2. The lowest BCUT2D eigenvalue weighted by molar-refractivity contribution is -0.122. The predicted molar refractivity (Wildman–Crippen MR) is 50.9 cm³/mol. The van der Waals surface area contributed by atoms with Crippen molar-refractivity contribution < 1.29 is 19.2 Å². The Morgan fingerprint density at radius 2 is 1.00 bits per heavy atom. The minimum atomic E-state index is -0.481. The van der Waals surface area contributed by atoms with Crippen molar-refractivity contribution in [3.8, 4) is 0 Å². The Bertz CT molecular complexity index is 199. The molecule has 0 fully saturated rings. The second-order valence-corrected chi connectivity index (χ2v) is 1.49. The maximum Gasteiger partial charge on any atom is 0.240 e. The number of amides is 2. The summed E-state index contributed by atoms with van der Waals surface area (Å²) in [6.45, 7) is 6.17. The van der Waals surface area contributed by atoms with Gasteiger partial charge in [-0.05, 0) is 12.2 Å². The van der Waals surface area contributed by atoms with Crippen molar-refractivity contribution in [3.63, 3.8) is 0 Å². The molecule has 0 aliphatic rings. The fraction of sp³-hybridized carbons (Fsp3) is 0. The third kappa shape index (κ3) is 98.3. The molecule has 0 unspecified atom stereocenters. The normalized spacial score (nSPS) is 6.00. The Labute approximate surface area is 81.3 Å². The van der Waals surface area contributed by atoms with Gasteiger partial charge in [-0.15, -0.1) is 0 Å². The summed E-state index contributed by atoms with van der Waals surface area (Å²) < 4.78 is 0. The summed E-state index contributed by atoms with van der Waals surface area (Å²) in [4.78, 5) is 36.6. The van der Waals surface area contributed by atoms with Crippen molar-refractivity contribution >= 4 is 24.4 Å². The van der Waals surface area contributed by atoms with E-state index < -0.39 is 11.8 Å². The van der Waals surface area contributed by atoms with Crippen LogP contribution in [-0.4, -0.2) is 24.4 Å². The molecule has 0 bridgehead atoms. The second kappa shape index (κ2) is 17.0. The van der Waals surface area contributed by atoms with E-state index in [0.717, 1.165) is 12.2 Å². The van der Waals surface area contributed by atoms with E-state index in [-0.39, 0.29) is 12.6 Å². The molecular formula is C8H12N2O4. The van der Waals surface area contributed by atoms with Crippen molar-refractivity contribution in [2.45, 2.75) is 0 Å². The van der Waals surface area contributed by atoms with Gasteiger partial charge >= 0.3 is 0 Å². The minimum absolute atomic E-state index is 0.194. The lowest BCUT2D eigenvalue weighted by Crippen LogP contribution is -2.04. The van der Waals surface area contributed by atoms with Crippen LogP contribution in [0.3, 0.4) is 0 Å². The molecule has 6 heteroatoms. The molecule has 6 nitrogen and oxygen atoms in total. The molecular weight excluding hydrogens is 188 g/mol. The van der Waals surface area contributed by atoms with Crippen LogP contribution in [0.25, 0.3) is 0 Å². The van der Waals surface area contributed by atoms with Gasteiger partial charge in [0.15, 0.2) is 12.6 Å². The van der Waals surface area contributed by atoms with Crippen LogP contribution in [0.4, 0.5) is 0 Å². The first-order valence-electron chi connectivity index (χ1n) is 3.18. The van der Waals surface area contributed by atoms with Gasteiger partial charge in [0.25, 0.3) is 0 Å². The highest BCUT2D eigenvalue weighted by molar-refractivity contribution is 6.09. The monoisotopic (exact) mass is 200 g/mol. The van der Waals surface area contributed by atoms with Crippen molar-refractivity contribution in [2.75, 3.05) is 0 Å². The van der Waals surface area contributed by atoms with Gasteiger partial charge < -0.3 is 11.5 Å². The van der Waals surface area contributed by atoms with Crippen molar-refractivity contribution in [3.05, 3.63) is 25.3 Å². The lowest BCUT2D eigenvalue weighted by Gasteiger charge is -1.65. The predicted octanol–water partition coefficient (Wildman–Crippen LogP) is -1.30. The summed E-state index contributed by atoms with van der Waals surface area (Å²) in [5, 5.41) is 0. The van der Waals surface area contributed by atoms with Gasteiger partial charge in [-0.25, -0.2) is 0 Å². The quantitative estimate of drug-likeness (QED) is 0.334. The van der Waals surface area contributed by atoms with Crippen LogP contribution in [0.1, 0.15) is 0 Å². The van der Waals surface area contributed by atoms with Gasteiger partial charge in [0.1, 0.15) is 0 Å². The van der Waals surface area contributed by atoms with Crippen molar-refractivity contribution in [1.82, 2.24) is 0 Å². The van der Waals surface area contributed by atoms with Crippen LogP contribution in [0.15, 0.2) is 25.3 Å². The molecule has 0 aliphatic heterocycles. The third-order valence-corrected chi connectivity index (χ3v) is 0.458. The molecule has 0 aromatic carbocycles. The average molecular weight is 200 g/mol. The molecule has 0 radical (unpaired) electrons. The molecule has 0 aromatic heterocycles. The molecule has 78 valence electrons. The largest absolute Gasteiger partial charge is 0.366 e. The Morgan fingerprint density at radius 3 is 1.00 bits per heavy atom. The van der Waals surface area contributed by atoms with Crippen LogP contribution in [0.5, 0.6) is 0 Å². The summed E-state index contributed by atoms with van der Waals surface area (Å²) in [5.41, 5.74) is 9.07. The third-order valence-electron chi connectivity index (χ3n) is 0.458. The SMILES string of the molecule is C=CC(N)=O.C=CC(N)=O.O=CC=O. The molecule has 0 saturated heterocycles. The fourth-order valence-electron chi connectivity index (χ4n) is 0. The number of primary amides is 2. The van der Waals surface area contributed by atoms with Gasteiger partial charge in [0.2, 0.25) is 11.8 Å². The maximum atomic E-state index is 9.47. The van der Waals surface area contributed by atoms with Crippen molar-refractivity contribution in [1.29, 1.82) is 0 Å². The molecule has 0 spiro atoms. The average Bonchev–Trinajstić information content (AvgIpc) is 2.19. The topological polar surface area (TPSA) is 120 Å². The molecule has 4 N–H and O–H groups in total. The van der Waals surface area contributed by atoms with E-state index in [4.69, 9.17) is 9.59 Å². The van der Waals surface area contributed by atoms with Gasteiger partial charge in [-0.3, -0.25) is 19.2 Å². The number of carbonyl (C=O) groups excluding carboxylic acids is 4. The zero-order valence-electron chi connectivity index (χ0n) is 7.51. The van der Waals surface area contributed by atoms with E-state index in [1.54, 1.807) is 0 Å². The number of carbonyl (C=O) groups is 4. The highest BCUT2D eigenvalue weighted by Gasteiger charge is 1.69. The highest BCUT2D eigenvalue weighted by Crippen LogP contribution is 1.49. The van der Waals surface area contributed by atoms with Gasteiger partial charge in [-0.1, -0.05) is 13.2 Å². The van der Waals surface area contributed by atoms with Gasteiger partial charge in [0.05, 0.1) is 0 Å². The molecule has 0 rings (SSSR count). The molecule has 0 atom stereocenters. The van der Waals surface area contributed by atoms with Crippen LogP contribution in [-0.2, 0) is 19.2 Å². The Hall–Kier alpha value is -2.24. The van der Waals surface area contributed by atoms with E-state index in [1.165, 1.54) is 0 Å². The van der Waals surface area contributed by atoms with Gasteiger partial charge in [-0.2, -0.15) is 0 Å². The smallest absolute Gasteiger partial charge is 0.240 e. The fourth-order valence-corrected chi connectivity index (χ4v) is 0. The van der Waals surface area contributed by atoms with Crippen LogP contribution in [0.2, 0.25) is 0 Å². The summed E-state index contributed by atoms with van der Waals surface area (Å²) in [5.74, 6) is -0.963. The van der Waals surface area contributed by atoms with Crippen LogP contribution < -0.4 is 11.5 Å². The standard InChI is InChI=1S/2C3H5NO.C2H2O2/c2*1-2-3(4)5;3-1-2-4/h2*2H,1H2,(H2,4,5);1-2H. The summed E-state index contributed by atoms with van der Waals surface area (Å²) >= 11 is 0. The lowest BCUT2D eigenvalue weighted by atomic mass is 10.6. The number of hydrogen-bond donors (Lipinski definition) is 2. The molecule has 0 heterocycles. The first-order valence-corrected chi connectivity index (χ1v) is 3.18. The van der Waals surface area contributed by atoms with Crippen molar-refractivity contribution in [2.24, 2.45) is 11.5 Å². The zero-order valence-corrected chi connectivity index (χ0v) is 7.51. The Balaban J connectivity index is -0.000000131. The number of aldehydes is 2. The molecule has 0 aliphatic carbocycles. The van der Waals surface area contributed by atoms with Crippen LogP contribution in [0, 0.1) is 0 Å². The Morgan fingerprint density at radius 1 is 0.857 bits per heavy atom. The van der Waals surface area contributed by atoms with E-state index in [0.29, 0.717) is 0 Å². The van der Waals surface area contributed by atoms with Crippen LogP contribution >= 0.6 is 0 Å². The minimum Gasteiger partial charge on any atom is -0.366 e. The number of rotatable bonds is 3. The first-order chi connectivity index (χ1) is 6.45. The second-order valence-electron chi connectivity index (χ2n) is 1.49. The molecule has 14 heavy (non-hydrogen) atoms. The first kappa shape index (κ1) is 17.7. The molecule has 0 aromatic rings. The summed E-state index contributed by atoms with van der Waals surface area (Å²) in [6, 6.07) is 0. The van der Waals surface area contributed by atoms with E-state index in [2.05, 4.69) is 24.6 Å². The van der Waals surface area contributed by atoms with E-state index in [9.17, 15) is 9.59 Å². The molecule has 2 amide bonds. The summed E-state index contributed by atoms with van der Waals surface area (Å²) in [6.07, 6.45) is 2.50. The Kier molecular flexibility index (Phi) is 21.6. The zero-order chi connectivity index (χ0) is 12.0. The van der Waals surface area contributed by atoms with E-state index in [1.807, 2.05) is 0 Å². The molecule has 0 saturated carbocycles.